The van der Waals surface area contributed by atoms with Gasteiger partial charge in [0.05, 0.1) is 12.7 Å². The lowest BCUT2D eigenvalue weighted by Gasteiger charge is -2.26. The van der Waals surface area contributed by atoms with Crippen molar-refractivity contribution in [3.8, 4) is 5.75 Å². The van der Waals surface area contributed by atoms with Gasteiger partial charge in [0.15, 0.2) is 0 Å². The second-order valence-electron chi connectivity index (χ2n) is 10.8. The molecule has 3 unspecified atom stereocenters. The van der Waals surface area contributed by atoms with E-state index in [2.05, 4.69) is 12.2 Å². The number of anilines is 1. The van der Waals surface area contributed by atoms with Crippen molar-refractivity contribution in [2.24, 2.45) is 0 Å². The molecule has 6 nitrogen and oxygen atoms in total. The number of rotatable bonds is 21. The highest BCUT2D eigenvalue weighted by Crippen LogP contribution is 2.25. The molecule has 0 radical (unpaired) electrons. The number of para-hydroxylation sites is 1. The van der Waals surface area contributed by atoms with Gasteiger partial charge in [0.25, 0.3) is 12.2 Å². The number of alkyl halides is 1. The number of hydrogen-bond acceptors (Lipinski definition) is 5. The summed E-state index contributed by atoms with van der Waals surface area (Å²) >= 11 is 6.40. The van der Waals surface area contributed by atoms with Gasteiger partial charge in [-0.25, -0.2) is 4.79 Å². The first kappa shape index (κ1) is 34.6. The number of amides is 1. The lowest BCUT2D eigenvalue weighted by Crippen LogP contribution is -2.39. The van der Waals surface area contributed by atoms with Crippen LogP contribution < -0.4 is 10.1 Å². The summed E-state index contributed by atoms with van der Waals surface area (Å²) in [4.78, 5) is 26.1. The van der Waals surface area contributed by atoms with Crippen molar-refractivity contribution in [2.75, 3.05) is 11.9 Å². The summed E-state index contributed by atoms with van der Waals surface area (Å²) in [5.74, 6) is -0.731. The largest absolute Gasteiger partial charge is 0.462 e. The van der Waals surface area contributed by atoms with E-state index in [4.69, 9.17) is 25.8 Å². The number of carbonyl (C=O) groups excluding carboxylic acids is 2. The van der Waals surface area contributed by atoms with Crippen molar-refractivity contribution in [3.05, 3.63) is 59.7 Å². The minimum atomic E-state index is -1.28. The van der Waals surface area contributed by atoms with Gasteiger partial charge in [-0.3, -0.25) is 4.79 Å². The quantitative estimate of drug-likeness (QED) is 0.0682. The summed E-state index contributed by atoms with van der Waals surface area (Å²) < 4.78 is 17.7. The van der Waals surface area contributed by atoms with Crippen LogP contribution in [0.4, 0.5) is 5.69 Å². The second kappa shape index (κ2) is 20.3. The molecule has 0 bridgehead atoms. The average molecular weight is 588 g/mol. The fourth-order valence-corrected chi connectivity index (χ4v) is 4.93. The molecule has 7 heteroatoms. The molecule has 0 aliphatic carbocycles. The van der Waals surface area contributed by atoms with Gasteiger partial charge in [0, 0.05) is 11.1 Å². The fourth-order valence-electron chi connectivity index (χ4n) is 4.73. The Morgan fingerprint density at radius 3 is 2.12 bits per heavy atom. The molecular formula is C34H50ClNO5. The average Bonchev–Trinajstić information content (AvgIpc) is 2.94. The monoisotopic (exact) mass is 587 g/mol. The Hall–Kier alpha value is -2.57. The molecule has 0 aliphatic heterocycles. The first-order chi connectivity index (χ1) is 19.8. The zero-order valence-corrected chi connectivity index (χ0v) is 26.2. The molecule has 0 fully saturated rings. The maximum absolute atomic E-state index is 13.4. The normalized spacial score (nSPS) is 13.3. The third kappa shape index (κ3) is 14.2. The standard InChI is InChI=1S/C34H50ClNO5/c1-5-7-8-9-10-11-12-13-14-18-21-29(25-27(4)35)40-34(32(37)36-28-19-16-15-17-20-28)41-31-23-22-26(3)24-30(31)33(38)39-6-2/h15-17,19-20,22-24,27,29,34H,5-14,18,21,25H2,1-4H3,(H,36,37). The number of halogens is 1. The van der Waals surface area contributed by atoms with Gasteiger partial charge in [-0.1, -0.05) is 101 Å². The van der Waals surface area contributed by atoms with Crippen LogP contribution in [0.25, 0.3) is 0 Å². The molecule has 1 N–H and O–H groups in total. The Bertz CT molecular complexity index is 1010. The molecule has 2 rings (SSSR count). The topological polar surface area (TPSA) is 73.9 Å². The molecule has 2 aromatic rings. The van der Waals surface area contributed by atoms with Gasteiger partial charge in [0.1, 0.15) is 11.3 Å². The molecule has 3 atom stereocenters. The van der Waals surface area contributed by atoms with Crippen molar-refractivity contribution in [1.82, 2.24) is 0 Å². The van der Waals surface area contributed by atoms with Crippen molar-refractivity contribution in [3.63, 3.8) is 0 Å². The van der Waals surface area contributed by atoms with E-state index in [1.165, 1.54) is 51.4 Å². The number of aryl methyl sites for hydroxylation is 1. The first-order valence-corrected chi connectivity index (χ1v) is 15.9. The molecule has 0 saturated heterocycles. The minimum Gasteiger partial charge on any atom is -0.462 e. The van der Waals surface area contributed by atoms with E-state index in [1.54, 1.807) is 31.2 Å². The Labute approximate surface area is 252 Å². The molecule has 0 aliphatic rings. The molecular weight excluding hydrogens is 538 g/mol. The Morgan fingerprint density at radius 2 is 1.51 bits per heavy atom. The lowest BCUT2D eigenvalue weighted by molar-refractivity contribution is -0.158. The Kier molecular flexibility index (Phi) is 17.2. The number of esters is 1. The molecule has 1 amide bonds. The third-order valence-electron chi connectivity index (χ3n) is 6.90. The zero-order valence-electron chi connectivity index (χ0n) is 25.5. The van der Waals surface area contributed by atoms with Crippen LogP contribution >= 0.6 is 11.6 Å². The van der Waals surface area contributed by atoms with Crippen LogP contribution in [0.5, 0.6) is 5.75 Å². The van der Waals surface area contributed by atoms with E-state index < -0.39 is 18.2 Å². The summed E-state index contributed by atoms with van der Waals surface area (Å²) in [5.41, 5.74) is 1.76. The highest BCUT2D eigenvalue weighted by molar-refractivity contribution is 6.20. The van der Waals surface area contributed by atoms with Gasteiger partial charge in [0.2, 0.25) is 0 Å². The van der Waals surface area contributed by atoms with Crippen LogP contribution in [0, 0.1) is 6.92 Å². The number of ether oxygens (including phenoxy) is 3. The van der Waals surface area contributed by atoms with E-state index in [0.717, 1.165) is 24.8 Å². The maximum Gasteiger partial charge on any atom is 0.341 e. The van der Waals surface area contributed by atoms with E-state index in [0.29, 0.717) is 12.1 Å². The predicted octanol–water partition coefficient (Wildman–Crippen LogP) is 9.23. The van der Waals surface area contributed by atoms with Crippen molar-refractivity contribution < 1.29 is 23.8 Å². The Balaban J connectivity index is 2.09. The van der Waals surface area contributed by atoms with Crippen LogP contribution in [0.2, 0.25) is 0 Å². The molecule has 0 saturated carbocycles. The lowest BCUT2D eigenvalue weighted by atomic mass is 10.0. The van der Waals surface area contributed by atoms with Gasteiger partial charge >= 0.3 is 5.97 Å². The van der Waals surface area contributed by atoms with Gasteiger partial charge in [-0.05, 0) is 57.9 Å². The van der Waals surface area contributed by atoms with Crippen LogP contribution in [0.1, 0.15) is 114 Å². The molecule has 41 heavy (non-hydrogen) atoms. The summed E-state index contributed by atoms with van der Waals surface area (Å²) in [6.07, 6.45) is 12.2. The van der Waals surface area contributed by atoms with E-state index in [1.807, 2.05) is 38.1 Å². The number of carbonyl (C=O) groups is 2. The number of unbranched alkanes of at least 4 members (excludes halogenated alkanes) is 9. The second-order valence-corrected chi connectivity index (χ2v) is 11.5. The van der Waals surface area contributed by atoms with Crippen molar-refractivity contribution >= 4 is 29.2 Å². The maximum atomic E-state index is 13.4. The molecule has 0 heterocycles. The molecule has 0 aromatic heterocycles. The van der Waals surface area contributed by atoms with E-state index in [-0.39, 0.29) is 29.4 Å². The van der Waals surface area contributed by atoms with Crippen molar-refractivity contribution in [2.45, 2.75) is 123 Å². The summed E-state index contributed by atoms with van der Waals surface area (Å²) in [5, 5.41) is 2.75. The van der Waals surface area contributed by atoms with E-state index in [9.17, 15) is 9.59 Å². The van der Waals surface area contributed by atoms with Crippen LogP contribution in [0.15, 0.2) is 48.5 Å². The summed E-state index contributed by atoms with van der Waals surface area (Å²) in [7, 11) is 0. The smallest absolute Gasteiger partial charge is 0.341 e. The number of nitrogens with one attached hydrogen (secondary N) is 1. The first-order valence-electron chi connectivity index (χ1n) is 15.4. The third-order valence-corrected chi connectivity index (χ3v) is 7.08. The fraction of sp³-hybridized carbons (Fsp3) is 0.588. The SMILES string of the molecule is CCCCCCCCCCCCC(CC(C)Cl)OC(Oc1ccc(C)cc1C(=O)OCC)C(=O)Nc1ccccc1. The zero-order chi connectivity index (χ0) is 29.9. The molecule has 228 valence electrons. The summed E-state index contributed by atoms with van der Waals surface area (Å²) in [6.45, 7) is 8.03. The predicted molar refractivity (Wildman–Crippen MR) is 168 cm³/mol. The van der Waals surface area contributed by atoms with Gasteiger partial charge < -0.3 is 19.5 Å². The molecule has 2 aromatic carbocycles. The number of benzene rings is 2. The highest BCUT2D eigenvalue weighted by Gasteiger charge is 2.28. The number of hydrogen-bond donors (Lipinski definition) is 1. The van der Waals surface area contributed by atoms with Crippen LogP contribution in [-0.2, 0) is 14.3 Å². The molecule has 0 spiro atoms. The van der Waals surface area contributed by atoms with Gasteiger partial charge in [-0.15, -0.1) is 11.6 Å². The highest BCUT2D eigenvalue weighted by atomic mass is 35.5. The summed E-state index contributed by atoms with van der Waals surface area (Å²) in [6, 6.07) is 14.4. The Morgan fingerprint density at radius 1 is 0.878 bits per heavy atom. The van der Waals surface area contributed by atoms with Crippen molar-refractivity contribution in [1.29, 1.82) is 0 Å². The van der Waals surface area contributed by atoms with E-state index >= 15 is 0 Å². The van der Waals surface area contributed by atoms with Gasteiger partial charge in [-0.2, -0.15) is 0 Å². The van der Waals surface area contributed by atoms with Crippen LogP contribution in [0.3, 0.4) is 0 Å². The minimum absolute atomic E-state index is 0.129. The van der Waals surface area contributed by atoms with Crippen LogP contribution in [-0.4, -0.2) is 36.3 Å².